The van der Waals surface area contributed by atoms with E-state index in [2.05, 4.69) is 0 Å². The van der Waals surface area contributed by atoms with Gasteiger partial charge >= 0.3 is 0 Å². The third-order valence-electron chi connectivity index (χ3n) is 4.45. The lowest BCUT2D eigenvalue weighted by Crippen LogP contribution is -2.51. The molecule has 1 unspecified atom stereocenters. The Kier molecular flexibility index (Phi) is 3.46. The Morgan fingerprint density at radius 2 is 2.14 bits per heavy atom. The van der Waals surface area contributed by atoms with E-state index in [1.54, 1.807) is 18.2 Å². The molecule has 1 heterocycles. The summed E-state index contributed by atoms with van der Waals surface area (Å²) in [4.78, 5) is 10.9. The minimum absolute atomic E-state index is 0.284. The highest BCUT2D eigenvalue weighted by Crippen LogP contribution is 2.48. The van der Waals surface area contributed by atoms with Crippen molar-refractivity contribution in [3.05, 3.63) is 33.9 Å². The molecular formula is C14H17NO6. The number of nitro groups is 1. The van der Waals surface area contributed by atoms with Crippen LogP contribution in [0.25, 0.3) is 0 Å². The lowest BCUT2D eigenvalue weighted by molar-refractivity contribution is -0.545. The molecule has 1 aromatic rings. The summed E-state index contributed by atoms with van der Waals surface area (Å²) in [5.41, 5.74) is 0.616. The Labute approximate surface area is 121 Å². The van der Waals surface area contributed by atoms with Gasteiger partial charge in [0.1, 0.15) is 17.6 Å². The molecule has 1 aromatic carbocycles. The van der Waals surface area contributed by atoms with Gasteiger partial charge in [-0.25, -0.2) is 0 Å². The molecular weight excluding hydrogens is 278 g/mol. The van der Waals surface area contributed by atoms with Crippen LogP contribution >= 0.6 is 0 Å². The second-order valence-electron chi connectivity index (χ2n) is 5.52. The van der Waals surface area contributed by atoms with Crippen LogP contribution in [0.2, 0.25) is 0 Å². The monoisotopic (exact) mass is 295 g/mol. The molecule has 7 heteroatoms. The predicted octanol–water partition coefficient (Wildman–Crippen LogP) is 0.906. The highest BCUT2D eigenvalue weighted by atomic mass is 16.6. The molecule has 2 aliphatic rings. The van der Waals surface area contributed by atoms with Gasteiger partial charge in [0, 0.05) is 16.4 Å². The van der Waals surface area contributed by atoms with Crippen LogP contribution in [-0.2, 0) is 0 Å². The summed E-state index contributed by atoms with van der Waals surface area (Å²) in [5.74, 6) is -0.0128. The molecule has 0 saturated heterocycles. The summed E-state index contributed by atoms with van der Waals surface area (Å²) in [7, 11) is 1.51. The Hall–Kier alpha value is -1.86. The first-order valence-electron chi connectivity index (χ1n) is 6.87. The maximum Gasteiger partial charge on any atom is 0.245 e. The first-order chi connectivity index (χ1) is 10.0. The highest BCUT2D eigenvalue weighted by molar-refractivity contribution is 5.45. The number of hydrogen-bond donors (Lipinski definition) is 2. The summed E-state index contributed by atoms with van der Waals surface area (Å²) in [6.45, 7) is 0. The van der Waals surface area contributed by atoms with E-state index in [9.17, 15) is 20.3 Å². The molecule has 0 radical (unpaired) electrons. The number of aliphatic hydroxyl groups excluding tert-OH is 2. The quantitative estimate of drug-likeness (QED) is 0.621. The van der Waals surface area contributed by atoms with E-state index in [1.165, 1.54) is 7.11 Å². The van der Waals surface area contributed by atoms with Crippen LogP contribution in [0, 0.1) is 16.0 Å². The largest absolute Gasteiger partial charge is 0.497 e. The molecule has 0 aromatic heterocycles. The zero-order valence-electron chi connectivity index (χ0n) is 11.5. The van der Waals surface area contributed by atoms with E-state index in [0.29, 0.717) is 23.5 Å². The van der Waals surface area contributed by atoms with Gasteiger partial charge < -0.3 is 19.7 Å². The van der Waals surface area contributed by atoms with Gasteiger partial charge in [0.05, 0.1) is 13.0 Å². The van der Waals surface area contributed by atoms with Gasteiger partial charge in [-0.3, -0.25) is 10.1 Å². The standard InChI is InChI=1S/C14H17NO6/c1-20-7-2-5-11-9(6-7)12-8(14(17)21-11)3-4-10(16)13(12)15(18)19/h2,5-6,8,10,12-14,16-17H,3-4H2,1H3/t8-,10-,12+,13-,14?/m1/s1. The number of aliphatic hydroxyl groups is 2. The molecule has 21 heavy (non-hydrogen) atoms. The zero-order valence-corrected chi connectivity index (χ0v) is 11.5. The van der Waals surface area contributed by atoms with Gasteiger partial charge in [-0.1, -0.05) is 0 Å². The van der Waals surface area contributed by atoms with E-state index in [0.717, 1.165) is 0 Å². The van der Waals surface area contributed by atoms with Gasteiger partial charge in [0.2, 0.25) is 12.3 Å². The average molecular weight is 295 g/mol. The molecule has 1 saturated carbocycles. The second-order valence-corrected chi connectivity index (χ2v) is 5.52. The summed E-state index contributed by atoms with van der Waals surface area (Å²) in [6, 6.07) is 3.85. The lowest BCUT2D eigenvalue weighted by atomic mass is 9.69. The molecule has 0 amide bonds. The van der Waals surface area contributed by atoms with Gasteiger partial charge in [-0.05, 0) is 31.0 Å². The second kappa shape index (κ2) is 5.16. The van der Waals surface area contributed by atoms with Crippen molar-refractivity contribution in [1.82, 2.24) is 0 Å². The fourth-order valence-corrected chi connectivity index (χ4v) is 3.45. The highest BCUT2D eigenvalue weighted by Gasteiger charge is 2.53. The molecule has 5 atom stereocenters. The number of methoxy groups -OCH3 is 1. The van der Waals surface area contributed by atoms with Crippen molar-refractivity contribution >= 4 is 0 Å². The number of benzene rings is 1. The van der Waals surface area contributed by atoms with Crippen LogP contribution in [0.5, 0.6) is 11.5 Å². The van der Waals surface area contributed by atoms with Crippen LogP contribution < -0.4 is 9.47 Å². The van der Waals surface area contributed by atoms with Crippen molar-refractivity contribution in [2.75, 3.05) is 7.11 Å². The van der Waals surface area contributed by atoms with Crippen molar-refractivity contribution in [1.29, 1.82) is 0 Å². The Morgan fingerprint density at radius 3 is 2.81 bits per heavy atom. The molecule has 1 aliphatic heterocycles. The Morgan fingerprint density at radius 1 is 1.38 bits per heavy atom. The van der Waals surface area contributed by atoms with Gasteiger partial charge in [-0.15, -0.1) is 0 Å². The van der Waals surface area contributed by atoms with Crippen molar-refractivity contribution in [3.8, 4) is 11.5 Å². The molecule has 7 nitrogen and oxygen atoms in total. The molecule has 114 valence electrons. The van der Waals surface area contributed by atoms with Crippen LogP contribution in [0.3, 0.4) is 0 Å². The zero-order chi connectivity index (χ0) is 15.1. The van der Waals surface area contributed by atoms with E-state index in [4.69, 9.17) is 9.47 Å². The van der Waals surface area contributed by atoms with Gasteiger partial charge in [-0.2, -0.15) is 0 Å². The summed E-state index contributed by atoms with van der Waals surface area (Å²) in [6.07, 6.45) is -1.35. The number of hydrogen-bond acceptors (Lipinski definition) is 6. The molecule has 0 bridgehead atoms. The maximum atomic E-state index is 11.4. The lowest BCUT2D eigenvalue weighted by Gasteiger charge is -2.42. The first-order valence-corrected chi connectivity index (χ1v) is 6.87. The topological polar surface area (TPSA) is 102 Å². The number of nitrogens with zero attached hydrogens (tertiary/aromatic N) is 1. The van der Waals surface area contributed by atoms with Crippen molar-refractivity contribution < 1.29 is 24.6 Å². The van der Waals surface area contributed by atoms with Crippen LogP contribution in [0.4, 0.5) is 0 Å². The van der Waals surface area contributed by atoms with E-state index in [1.807, 2.05) is 0 Å². The SMILES string of the molecule is COc1ccc2c(c1)[C@H]1[C@H]([N+](=O)[O-])[C@H](O)CC[C@H]1C(O)O2. The number of rotatable bonds is 2. The van der Waals surface area contributed by atoms with Crippen LogP contribution in [0.15, 0.2) is 18.2 Å². The Balaban J connectivity index is 2.11. The van der Waals surface area contributed by atoms with E-state index < -0.39 is 35.2 Å². The maximum absolute atomic E-state index is 11.4. The normalized spacial score (nSPS) is 34.3. The number of fused-ring (bicyclic) bond motifs is 3. The van der Waals surface area contributed by atoms with Gasteiger partial charge in [0.25, 0.3) is 0 Å². The van der Waals surface area contributed by atoms with Crippen molar-refractivity contribution in [2.45, 2.75) is 37.2 Å². The van der Waals surface area contributed by atoms with Crippen molar-refractivity contribution in [2.24, 2.45) is 5.92 Å². The van der Waals surface area contributed by atoms with E-state index in [-0.39, 0.29) is 6.42 Å². The van der Waals surface area contributed by atoms with Gasteiger partial charge in [0.15, 0.2) is 0 Å². The van der Waals surface area contributed by atoms with Crippen LogP contribution in [-0.4, -0.2) is 40.7 Å². The summed E-state index contributed by atoms with van der Waals surface area (Å²) in [5, 5.41) is 31.5. The third kappa shape index (κ3) is 2.22. The average Bonchev–Trinajstić information content (AvgIpc) is 2.46. The number of ether oxygens (including phenoxy) is 2. The Bertz CT molecular complexity index is 562. The molecule has 2 N–H and O–H groups in total. The fourth-order valence-electron chi connectivity index (χ4n) is 3.45. The summed E-state index contributed by atoms with van der Waals surface area (Å²) < 4.78 is 10.6. The van der Waals surface area contributed by atoms with Crippen LogP contribution in [0.1, 0.15) is 24.3 Å². The van der Waals surface area contributed by atoms with Crippen molar-refractivity contribution in [3.63, 3.8) is 0 Å². The smallest absolute Gasteiger partial charge is 0.245 e. The predicted molar refractivity (Wildman–Crippen MR) is 71.9 cm³/mol. The minimum Gasteiger partial charge on any atom is -0.497 e. The molecule has 1 fully saturated rings. The van der Waals surface area contributed by atoms with E-state index >= 15 is 0 Å². The summed E-state index contributed by atoms with van der Waals surface area (Å²) >= 11 is 0. The molecule has 0 spiro atoms. The first kappa shape index (κ1) is 14.1. The fraction of sp³-hybridized carbons (Fsp3) is 0.571. The third-order valence-corrected chi connectivity index (χ3v) is 4.45. The molecule has 3 rings (SSSR count). The molecule has 1 aliphatic carbocycles. The minimum atomic E-state index is -1.15.